The van der Waals surface area contributed by atoms with E-state index in [0.717, 1.165) is 10.0 Å². The van der Waals surface area contributed by atoms with Gasteiger partial charge in [-0.15, -0.1) is 0 Å². The highest BCUT2D eigenvalue weighted by Gasteiger charge is 2.16. The van der Waals surface area contributed by atoms with Crippen LogP contribution in [0.4, 0.5) is 0 Å². The molecule has 0 unspecified atom stereocenters. The smallest absolute Gasteiger partial charge is 0.258 e. The molecule has 0 aliphatic heterocycles. The van der Waals surface area contributed by atoms with E-state index < -0.39 is 0 Å². The summed E-state index contributed by atoms with van der Waals surface area (Å²) in [6.45, 7) is 6.44. The van der Waals surface area contributed by atoms with Crippen molar-refractivity contribution in [2.75, 3.05) is 20.8 Å². The highest BCUT2D eigenvalue weighted by Crippen LogP contribution is 2.33. The number of benzene rings is 1. The zero-order valence-electron chi connectivity index (χ0n) is 13.2. The molecule has 1 aromatic carbocycles. The molecule has 0 spiro atoms. The predicted octanol–water partition coefficient (Wildman–Crippen LogP) is 2.47. The van der Waals surface area contributed by atoms with Crippen LogP contribution in [0.1, 0.15) is 26.3 Å². The molecule has 1 aromatic rings. The number of rotatable bonds is 6. The van der Waals surface area contributed by atoms with Gasteiger partial charge < -0.3 is 20.1 Å². The molecule has 0 aliphatic carbocycles. The van der Waals surface area contributed by atoms with Crippen molar-refractivity contribution in [2.24, 2.45) is 0 Å². The number of carbonyl (C=O) groups is 1. The van der Waals surface area contributed by atoms with E-state index in [9.17, 15) is 4.79 Å². The summed E-state index contributed by atoms with van der Waals surface area (Å²) in [5.74, 6) is 0.972. The molecule has 0 atom stereocenters. The van der Waals surface area contributed by atoms with E-state index in [1.54, 1.807) is 7.11 Å². The summed E-state index contributed by atoms with van der Waals surface area (Å²) in [5, 5.41) is 5.93. The lowest BCUT2D eigenvalue weighted by molar-refractivity contribution is -0.124. The van der Waals surface area contributed by atoms with Gasteiger partial charge in [-0.3, -0.25) is 4.79 Å². The van der Waals surface area contributed by atoms with Gasteiger partial charge in [0.25, 0.3) is 5.91 Å². The van der Waals surface area contributed by atoms with Crippen LogP contribution in [-0.2, 0) is 11.3 Å². The van der Waals surface area contributed by atoms with Gasteiger partial charge in [-0.1, -0.05) is 15.9 Å². The highest BCUT2D eigenvalue weighted by atomic mass is 79.9. The van der Waals surface area contributed by atoms with Gasteiger partial charge in [0.2, 0.25) is 0 Å². The summed E-state index contributed by atoms with van der Waals surface area (Å²) < 4.78 is 11.8. The Morgan fingerprint density at radius 3 is 2.48 bits per heavy atom. The quantitative estimate of drug-likeness (QED) is 0.819. The summed E-state index contributed by atoms with van der Waals surface area (Å²) in [6, 6.07) is 3.70. The zero-order valence-corrected chi connectivity index (χ0v) is 14.8. The zero-order chi connectivity index (χ0) is 16.0. The number of ether oxygens (including phenoxy) is 2. The summed E-state index contributed by atoms with van der Waals surface area (Å²) in [5.41, 5.74) is 0.780. The molecule has 21 heavy (non-hydrogen) atoms. The molecule has 0 radical (unpaired) electrons. The molecule has 6 heteroatoms. The van der Waals surface area contributed by atoms with Gasteiger partial charge in [0.1, 0.15) is 0 Å². The van der Waals surface area contributed by atoms with E-state index in [2.05, 4.69) is 26.6 Å². The molecule has 0 aromatic heterocycles. The van der Waals surface area contributed by atoms with Gasteiger partial charge in [-0.25, -0.2) is 0 Å². The fourth-order valence-electron chi connectivity index (χ4n) is 1.77. The number of carbonyl (C=O) groups excluding carboxylic acids is 1. The molecular weight excluding hydrogens is 336 g/mol. The van der Waals surface area contributed by atoms with Crippen LogP contribution in [0.25, 0.3) is 0 Å². The van der Waals surface area contributed by atoms with Crippen LogP contribution < -0.4 is 20.1 Å². The van der Waals surface area contributed by atoms with Crippen molar-refractivity contribution in [1.82, 2.24) is 10.6 Å². The Bertz CT molecular complexity index is 498. The van der Waals surface area contributed by atoms with Gasteiger partial charge >= 0.3 is 0 Å². The second-order valence-corrected chi connectivity index (χ2v) is 6.57. The largest absolute Gasteiger partial charge is 0.493 e. The first kappa shape index (κ1) is 17.8. The van der Waals surface area contributed by atoms with E-state index >= 15 is 0 Å². The molecule has 0 bridgehead atoms. The Kier molecular flexibility index (Phi) is 6.48. The molecule has 0 aliphatic rings. The lowest BCUT2D eigenvalue weighted by Crippen LogP contribution is -2.43. The molecule has 0 saturated heterocycles. The SMILES string of the molecule is CNCc1cc(OC)c(OCC(=O)NC(C)(C)C)cc1Br. The molecule has 0 fully saturated rings. The minimum Gasteiger partial charge on any atom is -0.493 e. The lowest BCUT2D eigenvalue weighted by Gasteiger charge is -2.21. The van der Waals surface area contributed by atoms with Crippen molar-refractivity contribution in [3.63, 3.8) is 0 Å². The van der Waals surface area contributed by atoms with Gasteiger partial charge in [-0.05, 0) is 45.5 Å². The standard InChI is InChI=1S/C15H23BrN2O3/c1-15(2,3)18-14(19)9-21-13-7-11(16)10(8-17-4)6-12(13)20-5/h6-7,17H,8-9H2,1-5H3,(H,18,19). The highest BCUT2D eigenvalue weighted by molar-refractivity contribution is 9.10. The average Bonchev–Trinajstić information content (AvgIpc) is 2.37. The van der Waals surface area contributed by atoms with Crippen molar-refractivity contribution in [3.05, 3.63) is 22.2 Å². The van der Waals surface area contributed by atoms with Crippen molar-refractivity contribution in [3.8, 4) is 11.5 Å². The molecule has 5 nitrogen and oxygen atoms in total. The molecule has 0 heterocycles. The van der Waals surface area contributed by atoms with E-state index in [4.69, 9.17) is 9.47 Å². The number of amides is 1. The molecule has 0 saturated carbocycles. The van der Waals surface area contributed by atoms with Crippen molar-refractivity contribution >= 4 is 21.8 Å². The second kappa shape index (κ2) is 7.66. The van der Waals surface area contributed by atoms with E-state index in [1.165, 1.54) is 0 Å². The van der Waals surface area contributed by atoms with Crippen LogP contribution in [0.2, 0.25) is 0 Å². The van der Waals surface area contributed by atoms with Crippen molar-refractivity contribution < 1.29 is 14.3 Å². The first-order valence-electron chi connectivity index (χ1n) is 6.71. The normalized spacial score (nSPS) is 11.1. The molecule has 1 amide bonds. The summed E-state index contributed by atoms with van der Waals surface area (Å²) in [7, 11) is 3.45. The van der Waals surface area contributed by atoms with Crippen molar-refractivity contribution in [2.45, 2.75) is 32.9 Å². The lowest BCUT2D eigenvalue weighted by atomic mass is 10.1. The fraction of sp³-hybridized carbons (Fsp3) is 0.533. The number of nitrogens with one attached hydrogen (secondary N) is 2. The Labute approximate surface area is 134 Å². The first-order chi connectivity index (χ1) is 9.76. The van der Waals surface area contributed by atoms with Crippen LogP contribution in [0.15, 0.2) is 16.6 Å². The monoisotopic (exact) mass is 358 g/mol. The fourth-order valence-corrected chi connectivity index (χ4v) is 2.24. The minimum atomic E-state index is -0.276. The third-order valence-corrected chi connectivity index (χ3v) is 3.31. The molecule has 2 N–H and O–H groups in total. The Balaban J connectivity index is 2.79. The molecule has 118 valence electrons. The summed E-state index contributed by atoms with van der Waals surface area (Å²) in [6.07, 6.45) is 0. The van der Waals surface area contributed by atoms with Crippen LogP contribution in [0.3, 0.4) is 0 Å². The van der Waals surface area contributed by atoms with Crippen LogP contribution in [0, 0.1) is 0 Å². The number of hydrogen-bond donors (Lipinski definition) is 2. The van der Waals surface area contributed by atoms with Crippen LogP contribution in [0.5, 0.6) is 11.5 Å². The maximum absolute atomic E-state index is 11.8. The van der Waals surface area contributed by atoms with E-state index in [1.807, 2.05) is 40.0 Å². The van der Waals surface area contributed by atoms with Crippen molar-refractivity contribution in [1.29, 1.82) is 0 Å². The first-order valence-corrected chi connectivity index (χ1v) is 7.51. The van der Waals surface area contributed by atoms with Gasteiger partial charge in [0, 0.05) is 16.6 Å². The topological polar surface area (TPSA) is 59.6 Å². The summed E-state index contributed by atoms with van der Waals surface area (Å²) >= 11 is 3.49. The van der Waals surface area contributed by atoms with Gasteiger partial charge in [0.15, 0.2) is 18.1 Å². The summed E-state index contributed by atoms with van der Waals surface area (Å²) in [4.78, 5) is 11.8. The third-order valence-electron chi connectivity index (χ3n) is 2.57. The van der Waals surface area contributed by atoms with Crippen LogP contribution in [-0.4, -0.2) is 32.2 Å². The Hall–Kier alpha value is -1.27. The average molecular weight is 359 g/mol. The molecular formula is C15H23BrN2O3. The maximum Gasteiger partial charge on any atom is 0.258 e. The predicted molar refractivity (Wildman–Crippen MR) is 86.8 cm³/mol. The van der Waals surface area contributed by atoms with E-state index in [0.29, 0.717) is 18.0 Å². The van der Waals surface area contributed by atoms with Crippen LogP contribution >= 0.6 is 15.9 Å². The van der Waals surface area contributed by atoms with Gasteiger partial charge in [-0.2, -0.15) is 0 Å². The maximum atomic E-state index is 11.8. The van der Waals surface area contributed by atoms with Gasteiger partial charge in [0.05, 0.1) is 7.11 Å². The Morgan fingerprint density at radius 2 is 1.95 bits per heavy atom. The number of methoxy groups -OCH3 is 1. The van der Waals surface area contributed by atoms with E-state index in [-0.39, 0.29) is 18.1 Å². The molecule has 1 rings (SSSR count). The third kappa shape index (κ3) is 5.93. The minimum absolute atomic E-state index is 0.0502. The number of halogens is 1. The second-order valence-electron chi connectivity index (χ2n) is 5.71. The number of hydrogen-bond acceptors (Lipinski definition) is 4. The Morgan fingerprint density at radius 1 is 1.29 bits per heavy atom.